The first-order valence-electron chi connectivity index (χ1n) is 18.9. The van der Waals surface area contributed by atoms with Crippen molar-refractivity contribution in [2.24, 2.45) is 5.11 Å². The summed E-state index contributed by atoms with van der Waals surface area (Å²) >= 11 is 0. The van der Waals surface area contributed by atoms with E-state index in [-0.39, 0.29) is 23.6 Å². The highest BCUT2D eigenvalue weighted by Gasteiger charge is 2.28. The van der Waals surface area contributed by atoms with Crippen LogP contribution < -0.4 is 10.1 Å². The zero-order chi connectivity index (χ0) is 40.4. The molecule has 1 N–H and O–H groups in total. The van der Waals surface area contributed by atoms with Crippen molar-refractivity contribution >= 4 is 29.7 Å². The molecule has 14 nitrogen and oxygen atoms in total. The van der Waals surface area contributed by atoms with Crippen molar-refractivity contribution in [3.8, 4) is 11.4 Å². The number of ketones is 1. The minimum absolute atomic E-state index is 0.000642. The Kier molecular flexibility index (Phi) is 16.2. The van der Waals surface area contributed by atoms with Crippen LogP contribution in [0.25, 0.3) is 28.3 Å². The average molecular weight is 776 g/mol. The molecule has 3 aromatic carbocycles. The summed E-state index contributed by atoms with van der Waals surface area (Å²) in [5.41, 5.74) is 14.4. The second kappa shape index (κ2) is 21.9. The van der Waals surface area contributed by atoms with Crippen LogP contribution >= 0.6 is 0 Å². The maximum atomic E-state index is 13.7. The number of rotatable bonds is 21. The molecule has 0 unspecified atom stereocenters. The Morgan fingerprint density at radius 3 is 2.28 bits per heavy atom. The lowest BCUT2D eigenvalue weighted by atomic mass is 9.96. The number of nitrogens with zero attached hydrogens (tertiary/aromatic N) is 6. The average Bonchev–Trinajstić information content (AvgIpc) is 3.67. The molecule has 2 heterocycles. The van der Waals surface area contributed by atoms with E-state index in [1.807, 2.05) is 65.9 Å². The van der Waals surface area contributed by atoms with Gasteiger partial charge in [0.2, 0.25) is 11.8 Å². The fourth-order valence-electron chi connectivity index (χ4n) is 6.26. The number of carbonyl (C=O) groups excluding carboxylic acids is 3. The molecule has 0 saturated carbocycles. The normalized spacial score (nSPS) is 14.1. The number of hydrogen-bond acceptors (Lipinski definition) is 9. The topological polar surface area (TPSA) is 170 Å². The molecule has 298 valence electrons. The van der Waals surface area contributed by atoms with E-state index < -0.39 is 0 Å². The SMILES string of the molecule is COc1cc(/C=C2\CCCN([C@@H](C)c3ccc(C(=O)c4ccc(/C=C/C(=O)NCCOCCOCCOCCN=[N+]=[N-])cc4)cc3)C2=O)ccc1-n1cnc(C)c1. The molecule has 1 atom stereocenters. The Morgan fingerprint density at radius 1 is 0.947 bits per heavy atom. The molecule has 57 heavy (non-hydrogen) atoms. The number of imidazole rings is 1. The van der Waals surface area contributed by atoms with Crippen molar-refractivity contribution in [2.75, 3.05) is 66.4 Å². The molecule has 2 amide bonds. The van der Waals surface area contributed by atoms with Crippen LogP contribution in [0.5, 0.6) is 5.75 Å². The van der Waals surface area contributed by atoms with Gasteiger partial charge in [-0.15, -0.1) is 0 Å². The lowest BCUT2D eigenvalue weighted by Gasteiger charge is -2.34. The van der Waals surface area contributed by atoms with Crippen molar-refractivity contribution in [1.82, 2.24) is 19.8 Å². The van der Waals surface area contributed by atoms with Crippen LogP contribution in [-0.2, 0) is 23.8 Å². The largest absolute Gasteiger partial charge is 0.495 e. The highest BCUT2D eigenvalue weighted by atomic mass is 16.5. The van der Waals surface area contributed by atoms with Gasteiger partial charge in [-0.3, -0.25) is 14.4 Å². The predicted octanol–water partition coefficient (Wildman–Crippen LogP) is 6.68. The van der Waals surface area contributed by atoms with E-state index in [4.69, 9.17) is 24.5 Å². The third kappa shape index (κ3) is 12.5. The summed E-state index contributed by atoms with van der Waals surface area (Å²) in [4.78, 5) is 48.1. The monoisotopic (exact) mass is 775 g/mol. The molecule has 1 aromatic heterocycles. The van der Waals surface area contributed by atoms with Crippen molar-refractivity contribution in [3.63, 3.8) is 0 Å². The fraction of sp³-hybridized carbons (Fsp3) is 0.349. The van der Waals surface area contributed by atoms with Crippen LogP contribution in [0, 0.1) is 6.92 Å². The van der Waals surface area contributed by atoms with Gasteiger partial charge in [0.15, 0.2) is 5.78 Å². The number of azide groups is 1. The molecule has 0 spiro atoms. The number of nitrogens with one attached hydrogen (secondary N) is 1. The molecular weight excluding hydrogens is 727 g/mol. The molecule has 0 bridgehead atoms. The summed E-state index contributed by atoms with van der Waals surface area (Å²) in [6.07, 6.45) is 10.3. The molecule has 1 fully saturated rings. The predicted molar refractivity (Wildman–Crippen MR) is 217 cm³/mol. The van der Waals surface area contributed by atoms with Crippen molar-refractivity contribution in [2.45, 2.75) is 32.7 Å². The molecule has 4 aromatic rings. The summed E-state index contributed by atoms with van der Waals surface area (Å²) in [6, 6.07) is 20.2. The smallest absolute Gasteiger partial charge is 0.250 e. The van der Waals surface area contributed by atoms with E-state index in [0.29, 0.717) is 82.6 Å². The van der Waals surface area contributed by atoms with E-state index in [9.17, 15) is 14.4 Å². The van der Waals surface area contributed by atoms with Crippen LogP contribution in [0.1, 0.15) is 64.1 Å². The number of aryl methyl sites for hydroxylation is 1. The zero-order valence-electron chi connectivity index (χ0n) is 32.6. The minimum atomic E-state index is -0.256. The third-order valence-corrected chi connectivity index (χ3v) is 9.33. The maximum absolute atomic E-state index is 13.7. The molecule has 0 aliphatic carbocycles. The van der Waals surface area contributed by atoms with Crippen molar-refractivity contribution in [3.05, 3.63) is 135 Å². The fourth-order valence-corrected chi connectivity index (χ4v) is 6.26. The van der Waals surface area contributed by atoms with Crippen LogP contribution in [-0.4, -0.2) is 98.4 Å². The first-order valence-corrected chi connectivity index (χ1v) is 18.9. The van der Waals surface area contributed by atoms with Gasteiger partial charge in [0, 0.05) is 53.5 Å². The lowest BCUT2D eigenvalue weighted by molar-refractivity contribution is -0.130. The minimum Gasteiger partial charge on any atom is -0.495 e. The molecule has 1 saturated heterocycles. The Balaban J connectivity index is 1.06. The molecule has 1 aliphatic heterocycles. The Bertz CT molecular complexity index is 2070. The van der Waals surface area contributed by atoms with Gasteiger partial charge in [0.25, 0.3) is 0 Å². The van der Waals surface area contributed by atoms with Gasteiger partial charge in [-0.05, 0) is 73.2 Å². The number of ether oxygens (including phenoxy) is 4. The Hall–Kier alpha value is -6.05. The van der Waals surface area contributed by atoms with Crippen molar-refractivity contribution < 1.29 is 33.3 Å². The quantitative estimate of drug-likeness (QED) is 0.0244. The first-order chi connectivity index (χ1) is 27.8. The number of carbonyl (C=O) groups is 3. The van der Waals surface area contributed by atoms with E-state index in [2.05, 4.69) is 20.3 Å². The van der Waals surface area contributed by atoms with Gasteiger partial charge in [-0.1, -0.05) is 59.7 Å². The molecular formula is C43H49N7O7. The summed E-state index contributed by atoms with van der Waals surface area (Å²) in [7, 11) is 1.63. The number of amides is 2. The van der Waals surface area contributed by atoms with Gasteiger partial charge < -0.3 is 33.7 Å². The lowest BCUT2D eigenvalue weighted by Crippen LogP contribution is -2.38. The Morgan fingerprint density at radius 2 is 1.61 bits per heavy atom. The van der Waals surface area contributed by atoms with Gasteiger partial charge in [0.05, 0.1) is 70.5 Å². The third-order valence-electron chi connectivity index (χ3n) is 9.33. The van der Waals surface area contributed by atoms with Crippen LogP contribution in [0.3, 0.4) is 0 Å². The summed E-state index contributed by atoms with van der Waals surface area (Å²) in [6.45, 7) is 7.55. The molecule has 0 radical (unpaired) electrons. The number of hydrogen-bond donors (Lipinski definition) is 1. The van der Waals surface area contributed by atoms with Crippen LogP contribution in [0.4, 0.5) is 0 Å². The first kappa shape index (κ1) is 42.1. The molecule has 1 aliphatic rings. The van der Waals surface area contributed by atoms with Crippen molar-refractivity contribution in [1.29, 1.82) is 0 Å². The molecule has 14 heteroatoms. The van der Waals surface area contributed by atoms with Gasteiger partial charge in [-0.2, -0.15) is 0 Å². The van der Waals surface area contributed by atoms with Gasteiger partial charge in [-0.25, -0.2) is 4.98 Å². The van der Waals surface area contributed by atoms with Crippen LogP contribution in [0.15, 0.2) is 96.0 Å². The van der Waals surface area contributed by atoms with E-state index in [1.54, 1.807) is 55.9 Å². The maximum Gasteiger partial charge on any atom is 0.250 e. The standard InChI is InChI=1S/C43H49N7O7/c1-31-29-49(30-46-31)39-16-8-34(28-40(39)54-3)27-38-5-4-20-50(43(38)53)32(2)35-12-14-37(15-13-35)42(52)36-10-6-33(7-11-36)9-17-41(51)45-18-21-55-23-25-57-26-24-56-22-19-47-48-44/h6-17,27-30,32H,4-5,18-26H2,1-3H3,(H,45,51)/b17-9+,38-27+/t32-/m0/s1. The second-order valence-electron chi connectivity index (χ2n) is 13.3. The number of benzene rings is 3. The zero-order valence-corrected chi connectivity index (χ0v) is 32.6. The van der Waals surface area contributed by atoms with Gasteiger partial charge in [0.1, 0.15) is 5.75 Å². The van der Waals surface area contributed by atoms with Gasteiger partial charge >= 0.3 is 0 Å². The summed E-state index contributed by atoms with van der Waals surface area (Å²) in [5, 5.41) is 6.14. The number of aromatic nitrogens is 2. The van der Waals surface area contributed by atoms with E-state index in [0.717, 1.165) is 40.1 Å². The summed E-state index contributed by atoms with van der Waals surface area (Å²) < 4.78 is 23.7. The number of likely N-dealkylation sites (tertiary alicyclic amines) is 1. The number of methoxy groups -OCH3 is 1. The number of piperidine rings is 1. The van der Waals surface area contributed by atoms with E-state index >= 15 is 0 Å². The molecule has 5 rings (SSSR count). The van der Waals surface area contributed by atoms with E-state index in [1.165, 1.54) is 6.08 Å². The highest BCUT2D eigenvalue weighted by Crippen LogP contribution is 2.31. The second-order valence-corrected chi connectivity index (χ2v) is 13.3. The highest BCUT2D eigenvalue weighted by molar-refractivity contribution is 6.09. The summed E-state index contributed by atoms with van der Waals surface area (Å²) in [5.74, 6) is 0.318. The van der Waals surface area contributed by atoms with Crippen LogP contribution in [0.2, 0.25) is 0 Å². The Labute approximate surface area is 332 Å².